The van der Waals surface area contributed by atoms with Crippen LogP contribution in [0, 0.1) is 11.8 Å². The fraction of sp³-hybridized carbons (Fsp3) is 0.556. The molecule has 0 fully saturated rings. The van der Waals surface area contributed by atoms with Crippen LogP contribution < -0.4 is 25.4 Å². The molecule has 1 aliphatic heterocycles. The van der Waals surface area contributed by atoms with Gasteiger partial charge in [-0.3, -0.25) is 14.4 Å². The second-order valence-corrected chi connectivity index (χ2v) is 19.3. The molecule has 2 aromatic carbocycles. The fourth-order valence-electron chi connectivity index (χ4n) is 6.66. The van der Waals surface area contributed by atoms with E-state index in [1.54, 1.807) is 77.9 Å². The number of ether oxygens (including phenoxy) is 5. The number of benzene rings is 2. The summed E-state index contributed by atoms with van der Waals surface area (Å²) in [7, 11) is -1.42. The van der Waals surface area contributed by atoms with Gasteiger partial charge in [0.1, 0.15) is 41.4 Å². The zero-order chi connectivity index (χ0) is 47.3. The van der Waals surface area contributed by atoms with Crippen molar-refractivity contribution in [3.63, 3.8) is 0 Å². The number of esters is 1. The average Bonchev–Trinajstić information content (AvgIpc) is 3.19. The smallest absolute Gasteiger partial charge is 0.407 e. The lowest BCUT2D eigenvalue weighted by molar-refractivity contribution is -0.146. The third-order valence-electron chi connectivity index (χ3n) is 9.58. The molecule has 1 aliphatic rings. The van der Waals surface area contributed by atoms with E-state index in [-0.39, 0.29) is 39.0 Å². The molecule has 3 rings (SSSR count). The zero-order valence-corrected chi connectivity index (χ0v) is 38.9. The van der Waals surface area contributed by atoms with Gasteiger partial charge >= 0.3 is 18.2 Å². The van der Waals surface area contributed by atoms with Crippen LogP contribution in [0.4, 0.5) is 9.59 Å². The lowest BCUT2D eigenvalue weighted by atomic mass is 9.89. The zero-order valence-electron chi connectivity index (χ0n) is 38.1. The van der Waals surface area contributed by atoms with Gasteiger partial charge in [-0.25, -0.2) is 22.8 Å². The monoisotopic (exact) mass is 900 g/mol. The van der Waals surface area contributed by atoms with Crippen LogP contribution in [0.2, 0.25) is 0 Å². The van der Waals surface area contributed by atoms with Crippen molar-refractivity contribution in [1.82, 2.24) is 20.9 Å². The molecule has 17 nitrogen and oxygen atoms in total. The number of hydrogen-bond acceptors (Lipinski definition) is 13. The predicted molar refractivity (Wildman–Crippen MR) is 236 cm³/mol. The van der Waals surface area contributed by atoms with Crippen LogP contribution in [0.15, 0.2) is 48.4 Å². The van der Waals surface area contributed by atoms with E-state index in [1.165, 1.54) is 21.1 Å². The van der Waals surface area contributed by atoms with Crippen molar-refractivity contribution in [2.45, 2.75) is 104 Å². The number of ketones is 1. The van der Waals surface area contributed by atoms with Gasteiger partial charge in [-0.15, -0.1) is 0 Å². The van der Waals surface area contributed by atoms with Crippen LogP contribution in [0.5, 0.6) is 11.5 Å². The Morgan fingerprint density at radius 2 is 1.46 bits per heavy atom. The molecule has 4 amide bonds. The van der Waals surface area contributed by atoms with E-state index in [1.807, 2.05) is 6.92 Å². The van der Waals surface area contributed by atoms with Gasteiger partial charge in [0.05, 0.1) is 31.9 Å². The molecule has 4 atom stereocenters. The summed E-state index contributed by atoms with van der Waals surface area (Å²) in [6, 6.07) is 7.59. The minimum Gasteiger partial charge on any atom is -0.493 e. The van der Waals surface area contributed by atoms with Crippen molar-refractivity contribution in [3.05, 3.63) is 59.5 Å². The highest BCUT2D eigenvalue weighted by atomic mass is 32.2. The van der Waals surface area contributed by atoms with Gasteiger partial charge in [-0.2, -0.15) is 0 Å². The highest BCUT2D eigenvalue weighted by molar-refractivity contribution is 7.94. The molecular weight excluding hydrogens is 837 g/mol. The Morgan fingerprint density at radius 3 is 2.03 bits per heavy atom. The molecule has 0 saturated heterocycles. The van der Waals surface area contributed by atoms with Gasteiger partial charge in [-0.05, 0) is 89.8 Å². The molecule has 0 saturated carbocycles. The van der Waals surface area contributed by atoms with Crippen molar-refractivity contribution in [1.29, 1.82) is 0 Å². The number of likely N-dealkylation sites (N-methyl/N-ethyl adjacent to an activating group) is 1. The van der Waals surface area contributed by atoms with Gasteiger partial charge in [-0.1, -0.05) is 32.6 Å². The number of carbonyl (C=O) groups is 6. The predicted octanol–water partition coefficient (Wildman–Crippen LogP) is 5.44. The summed E-state index contributed by atoms with van der Waals surface area (Å²) in [6.07, 6.45) is -1.26. The van der Waals surface area contributed by atoms with Crippen LogP contribution in [-0.2, 0) is 49.6 Å². The lowest BCUT2D eigenvalue weighted by Gasteiger charge is -2.32. The fourth-order valence-corrected chi connectivity index (χ4v) is 7.66. The molecule has 63 heavy (non-hydrogen) atoms. The molecule has 4 bridgehead atoms. The Balaban J connectivity index is 2.23. The molecule has 18 heteroatoms. The molecule has 3 N–H and O–H groups in total. The van der Waals surface area contributed by atoms with E-state index in [9.17, 15) is 37.2 Å². The standard InChI is InChI=1S/C45H64N4O13S/c1-12-21-59-37-17-15-30-26-33(37)32-24-29(14-16-36(32)60-22-20-47-43(55)62-45(7,8)9)25-34(41(53)58-11)48-39(51)28(3)23-35(50)38(30)49(10)40(52)31(27-63(56,57)13-2)18-19-46-42(54)61-44(4,5)6/h13-17,24,26,28,31,34,38H,2,12,18-23,25,27H2,1,3-11H3,(H,46,54)(H,47,55)(H,48,51)/t28-,31-,34+,38+/m1/s1. The second kappa shape index (κ2) is 22.6. The Labute approximate surface area is 370 Å². The van der Waals surface area contributed by atoms with Gasteiger partial charge in [0, 0.05) is 48.9 Å². The largest absolute Gasteiger partial charge is 0.493 e. The summed E-state index contributed by atoms with van der Waals surface area (Å²) >= 11 is 0. The number of alkyl carbamates (subject to hydrolysis) is 2. The van der Waals surface area contributed by atoms with Gasteiger partial charge in [0.15, 0.2) is 15.6 Å². The first-order chi connectivity index (χ1) is 29.4. The Kier molecular flexibility index (Phi) is 18.6. The van der Waals surface area contributed by atoms with Crippen LogP contribution in [0.1, 0.15) is 91.8 Å². The molecule has 0 unspecified atom stereocenters. The number of nitrogens with zero attached hydrogens (tertiary/aromatic N) is 1. The number of Topliss-reactive ketones (excluding diaryl/α,β-unsaturated/α-hetero) is 1. The van der Waals surface area contributed by atoms with Crippen LogP contribution in [-0.4, -0.2) is 113 Å². The molecule has 0 aromatic heterocycles. The Morgan fingerprint density at radius 1 is 0.889 bits per heavy atom. The maximum absolute atomic E-state index is 14.6. The second-order valence-electron chi connectivity index (χ2n) is 17.3. The number of rotatable bonds is 16. The van der Waals surface area contributed by atoms with Gasteiger partial charge in [0.2, 0.25) is 11.8 Å². The average molecular weight is 901 g/mol. The number of sulfone groups is 1. The van der Waals surface area contributed by atoms with Gasteiger partial charge in [0.25, 0.3) is 0 Å². The maximum atomic E-state index is 14.6. The molecule has 348 valence electrons. The van der Waals surface area contributed by atoms with Crippen LogP contribution >= 0.6 is 0 Å². The third-order valence-corrected chi connectivity index (χ3v) is 11.0. The Hall–Kier alpha value is -5.65. The molecule has 2 aromatic rings. The summed E-state index contributed by atoms with van der Waals surface area (Å²) in [5, 5.41) is 8.68. The molecular formula is C45H64N4O13S. The number of amides is 4. The molecule has 0 radical (unpaired) electrons. The first-order valence-corrected chi connectivity index (χ1v) is 22.6. The Bertz CT molecular complexity index is 2090. The van der Waals surface area contributed by atoms with Crippen molar-refractivity contribution in [2.75, 3.05) is 46.2 Å². The van der Waals surface area contributed by atoms with Crippen LogP contribution in [0.25, 0.3) is 11.1 Å². The van der Waals surface area contributed by atoms with Crippen molar-refractivity contribution in [3.8, 4) is 22.6 Å². The number of fused-ring (bicyclic) bond motifs is 5. The highest BCUT2D eigenvalue weighted by Gasteiger charge is 2.37. The minimum atomic E-state index is -3.98. The van der Waals surface area contributed by atoms with Crippen molar-refractivity contribution >= 4 is 45.6 Å². The molecule has 0 aliphatic carbocycles. The molecule has 1 heterocycles. The highest BCUT2D eigenvalue weighted by Crippen LogP contribution is 2.41. The first-order valence-electron chi connectivity index (χ1n) is 20.9. The minimum absolute atomic E-state index is 0.00526. The number of methoxy groups -OCH3 is 1. The van der Waals surface area contributed by atoms with E-state index in [0.29, 0.717) is 46.8 Å². The summed E-state index contributed by atoms with van der Waals surface area (Å²) in [6.45, 7) is 17.4. The van der Waals surface area contributed by atoms with Crippen LogP contribution in [0.3, 0.4) is 0 Å². The van der Waals surface area contributed by atoms with E-state index in [4.69, 9.17) is 23.7 Å². The number of hydrogen-bond donors (Lipinski definition) is 3. The van der Waals surface area contributed by atoms with Crippen molar-refractivity contribution in [2.24, 2.45) is 11.8 Å². The van der Waals surface area contributed by atoms with E-state index in [0.717, 1.165) is 10.3 Å². The normalized spacial score (nSPS) is 17.5. The van der Waals surface area contributed by atoms with E-state index < -0.39 is 86.5 Å². The van der Waals surface area contributed by atoms with E-state index in [2.05, 4.69) is 22.5 Å². The SMILES string of the molecule is C=CS(=O)(=O)C[C@@H](CCNC(=O)OC(C)(C)C)C(=O)N(C)[C@@H]1C(=O)C[C@@H](C)C(=O)N[C@H](C(=O)OC)Cc2ccc(OCCNC(=O)OC(C)(C)C)c(c2)-c2cc1ccc2OCCC. The lowest BCUT2D eigenvalue weighted by Crippen LogP contribution is -2.46. The number of carbonyl (C=O) groups excluding carboxylic acids is 6. The summed E-state index contributed by atoms with van der Waals surface area (Å²) in [5.74, 6) is -4.81. The summed E-state index contributed by atoms with van der Waals surface area (Å²) in [5.41, 5.74) is 0.299. The van der Waals surface area contributed by atoms with Gasteiger partial charge < -0.3 is 44.5 Å². The topological polar surface area (TPSA) is 222 Å². The maximum Gasteiger partial charge on any atom is 0.407 e. The third kappa shape index (κ3) is 16.2. The first kappa shape index (κ1) is 51.7. The van der Waals surface area contributed by atoms with E-state index >= 15 is 0 Å². The quantitative estimate of drug-likeness (QED) is 0.109. The molecule has 0 spiro atoms. The summed E-state index contributed by atoms with van der Waals surface area (Å²) in [4.78, 5) is 81.8. The van der Waals surface area contributed by atoms with Crippen molar-refractivity contribution < 1.29 is 60.9 Å². The summed E-state index contributed by atoms with van der Waals surface area (Å²) < 4.78 is 54.0. The number of nitrogens with one attached hydrogen (secondary N) is 3.